The summed E-state index contributed by atoms with van der Waals surface area (Å²) in [5.74, 6) is 0. The van der Waals surface area contributed by atoms with Gasteiger partial charge in [0.25, 0.3) is 0 Å². The van der Waals surface area contributed by atoms with Crippen molar-refractivity contribution in [2.45, 2.75) is 14.0 Å². The molecule has 1 aromatic rings. The zero-order valence-electron chi connectivity index (χ0n) is 7.91. The Labute approximate surface area is 125 Å². The van der Waals surface area contributed by atoms with Gasteiger partial charge in [0.2, 0.25) is 7.59 Å². The van der Waals surface area contributed by atoms with Gasteiger partial charge in [0.05, 0.1) is 0 Å². The van der Waals surface area contributed by atoms with E-state index in [1.54, 1.807) is 18.2 Å². The molecule has 0 bridgehead atoms. The van der Waals surface area contributed by atoms with Crippen LogP contribution in [0.5, 0.6) is 0 Å². The highest BCUT2D eigenvalue weighted by atomic mass is 35.6. The zero-order chi connectivity index (χ0) is 12.6. The largest absolute Gasteiger partial charge is 0.216 e. The van der Waals surface area contributed by atoms with Gasteiger partial charge in [-0.2, -0.15) is 0 Å². The molecule has 0 saturated carbocycles. The highest BCUT2D eigenvalue weighted by molar-refractivity contribution is 6.67. The number of halogens is 6. The third-order valence-corrected chi connectivity index (χ3v) is 3.26. The molecule has 1 rings (SSSR count). The lowest BCUT2D eigenvalue weighted by atomic mass is 10.0. The van der Waals surface area contributed by atoms with Crippen LogP contribution < -0.4 is 0 Å². The predicted molar refractivity (Wildman–Crippen MR) is 74.0 cm³/mol. The predicted octanol–water partition coefficient (Wildman–Crippen LogP) is 5.72. The minimum absolute atomic E-state index is 0.368. The van der Waals surface area contributed by atoms with Gasteiger partial charge in [-0.25, -0.2) is 0 Å². The maximum Gasteiger partial charge on any atom is 0.216 e. The van der Waals surface area contributed by atoms with E-state index < -0.39 is 7.59 Å². The molecule has 0 heterocycles. The molecule has 0 aliphatic carbocycles. The van der Waals surface area contributed by atoms with E-state index in [2.05, 4.69) is 6.92 Å². The Hall–Kier alpha value is 0.960. The molecular formula is C10H7Cl6. The standard InChI is InChI=1S/C10H7Cl6/c1-2-6-7(9(11,12)13)4-3-5-8(6)10(14,15)16/h3-5H,1-2H2. The molecule has 1 radical (unpaired) electrons. The minimum Gasteiger partial charge on any atom is -0.0784 e. The van der Waals surface area contributed by atoms with Crippen molar-refractivity contribution in [1.29, 1.82) is 0 Å². The summed E-state index contributed by atoms with van der Waals surface area (Å²) < 4.78 is -3.11. The summed E-state index contributed by atoms with van der Waals surface area (Å²) in [6.45, 7) is 3.75. The maximum atomic E-state index is 5.84. The molecule has 0 aliphatic heterocycles. The SMILES string of the molecule is [CH2]Cc1c(C(Cl)(Cl)Cl)cccc1C(Cl)(Cl)Cl. The number of hydrogen-bond acceptors (Lipinski definition) is 0. The quantitative estimate of drug-likeness (QED) is 0.574. The third-order valence-electron chi connectivity index (χ3n) is 2.04. The van der Waals surface area contributed by atoms with E-state index in [1.807, 2.05) is 0 Å². The fourth-order valence-corrected chi connectivity index (χ4v) is 2.45. The molecule has 0 N–H and O–H groups in total. The molecule has 1 aromatic carbocycles. The second kappa shape index (κ2) is 5.30. The van der Waals surface area contributed by atoms with Crippen molar-refractivity contribution in [2.75, 3.05) is 0 Å². The molecule has 0 amide bonds. The van der Waals surface area contributed by atoms with Gasteiger partial charge in [-0.05, 0) is 18.9 Å². The van der Waals surface area contributed by atoms with Gasteiger partial charge < -0.3 is 0 Å². The molecule has 16 heavy (non-hydrogen) atoms. The Morgan fingerprint density at radius 2 is 1.25 bits per heavy atom. The monoisotopic (exact) mass is 337 g/mol. The Morgan fingerprint density at radius 3 is 1.50 bits per heavy atom. The van der Waals surface area contributed by atoms with Gasteiger partial charge in [-0.15, -0.1) is 0 Å². The Bertz CT molecular complexity index is 342. The zero-order valence-corrected chi connectivity index (χ0v) is 12.4. The van der Waals surface area contributed by atoms with Gasteiger partial charge >= 0.3 is 0 Å². The van der Waals surface area contributed by atoms with Gasteiger partial charge in [0, 0.05) is 11.1 Å². The van der Waals surface area contributed by atoms with Crippen molar-refractivity contribution in [3.05, 3.63) is 41.8 Å². The smallest absolute Gasteiger partial charge is 0.0784 e. The highest BCUT2D eigenvalue weighted by Crippen LogP contribution is 2.46. The molecule has 0 nitrogen and oxygen atoms in total. The van der Waals surface area contributed by atoms with Crippen LogP contribution in [0.3, 0.4) is 0 Å². The van der Waals surface area contributed by atoms with Gasteiger partial charge in [-0.3, -0.25) is 0 Å². The van der Waals surface area contributed by atoms with Crippen LogP contribution in [0.25, 0.3) is 0 Å². The van der Waals surface area contributed by atoms with Crippen molar-refractivity contribution < 1.29 is 0 Å². The summed E-state index contributed by atoms with van der Waals surface area (Å²) in [4.78, 5) is 0. The first-order valence-electron chi connectivity index (χ1n) is 4.23. The van der Waals surface area contributed by atoms with Crippen molar-refractivity contribution in [2.24, 2.45) is 0 Å². The van der Waals surface area contributed by atoms with Crippen LogP contribution in [0, 0.1) is 6.92 Å². The molecule has 0 aliphatic rings. The fourth-order valence-electron chi connectivity index (χ4n) is 1.39. The summed E-state index contributed by atoms with van der Waals surface area (Å²) in [5, 5.41) is 0. The maximum absolute atomic E-state index is 5.84. The summed E-state index contributed by atoms with van der Waals surface area (Å²) in [5.41, 5.74) is 1.61. The summed E-state index contributed by atoms with van der Waals surface area (Å²) in [7, 11) is 0. The Balaban J connectivity index is 3.45. The second-order valence-corrected chi connectivity index (χ2v) is 7.64. The van der Waals surface area contributed by atoms with E-state index in [1.165, 1.54) is 0 Å². The van der Waals surface area contributed by atoms with Gasteiger partial charge in [0.1, 0.15) is 0 Å². The first-order chi connectivity index (χ1) is 7.18. The van der Waals surface area contributed by atoms with E-state index in [9.17, 15) is 0 Å². The average Bonchev–Trinajstić information content (AvgIpc) is 2.13. The number of benzene rings is 1. The van der Waals surface area contributed by atoms with E-state index >= 15 is 0 Å². The topological polar surface area (TPSA) is 0 Å². The third kappa shape index (κ3) is 3.48. The van der Waals surface area contributed by atoms with E-state index in [4.69, 9.17) is 69.6 Å². The number of rotatable bonds is 1. The van der Waals surface area contributed by atoms with Crippen LogP contribution in [0.15, 0.2) is 18.2 Å². The lowest BCUT2D eigenvalue weighted by Crippen LogP contribution is -2.12. The molecule has 0 spiro atoms. The van der Waals surface area contributed by atoms with E-state index in [0.717, 1.165) is 0 Å². The Kier molecular flexibility index (Phi) is 4.98. The molecule has 0 atom stereocenters. The van der Waals surface area contributed by atoms with Crippen molar-refractivity contribution in [1.82, 2.24) is 0 Å². The molecule has 0 unspecified atom stereocenters. The van der Waals surface area contributed by atoms with Crippen LogP contribution in [-0.4, -0.2) is 0 Å². The van der Waals surface area contributed by atoms with Crippen LogP contribution >= 0.6 is 69.6 Å². The molecule has 0 saturated heterocycles. The molecule has 89 valence electrons. The van der Waals surface area contributed by atoms with E-state index in [-0.39, 0.29) is 0 Å². The molecule has 0 aromatic heterocycles. The number of alkyl halides is 6. The fraction of sp³-hybridized carbons (Fsp3) is 0.300. The van der Waals surface area contributed by atoms with Crippen molar-refractivity contribution in [3.63, 3.8) is 0 Å². The van der Waals surface area contributed by atoms with Crippen molar-refractivity contribution in [3.8, 4) is 0 Å². The Morgan fingerprint density at radius 1 is 0.875 bits per heavy atom. The lowest BCUT2D eigenvalue weighted by Gasteiger charge is -2.22. The summed E-state index contributed by atoms with van der Waals surface area (Å²) >= 11 is 35.0. The second-order valence-electron chi connectivity index (χ2n) is 3.08. The summed E-state index contributed by atoms with van der Waals surface area (Å²) in [6.07, 6.45) is 0.368. The summed E-state index contributed by atoms with van der Waals surface area (Å²) in [6, 6.07) is 5.02. The highest BCUT2D eigenvalue weighted by Gasteiger charge is 2.32. The molecular weight excluding hydrogens is 333 g/mol. The van der Waals surface area contributed by atoms with Crippen LogP contribution in [0.1, 0.15) is 16.7 Å². The molecule has 0 fully saturated rings. The van der Waals surface area contributed by atoms with Gasteiger partial charge in [0.15, 0.2) is 0 Å². The first-order valence-corrected chi connectivity index (χ1v) is 6.50. The van der Waals surface area contributed by atoms with Crippen LogP contribution in [0.2, 0.25) is 0 Å². The average molecular weight is 340 g/mol. The van der Waals surface area contributed by atoms with E-state index in [0.29, 0.717) is 23.1 Å². The first kappa shape index (κ1) is 15.0. The van der Waals surface area contributed by atoms with Crippen molar-refractivity contribution >= 4 is 69.6 Å². The molecule has 6 heteroatoms. The van der Waals surface area contributed by atoms with Crippen LogP contribution in [0.4, 0.5) is 0 Å². The normalized spacial score (nSPS) is 12.9. The number of hydrogen-bond donors (Lipinski definition) is 0. The van der Waals surface area contributed by atoms with Crippen LogP contribution in [-0.2, 0) is 14.0 Å². The minimum atomic E-state index is -1.56. The lowest BCUT2D eigenvalue weighted by molar-refractivity contribution is 1.06. The van der Waals surface area contributed by atoms with Gasteiger partial charge in [-0.1, -0.05) is 87.8 Å².